The summed E-state index contributed by atoms with van der Waals surface area (Å²) in [5, 5.41) is 17.5. The minimum Gasteiger partial charge on any atom is -0.484 e. The fraction of sp³-hybridized carbons (Fsp3) is 0.444. The Kier molecular flexibility index (Phi) is 9.90. The van der Waals surface area contributed by atoms with Gasteiger partial charge in [0.1, 0.15) is 18.2 Å². The molecule has 38 heavy (non-hydrogen) atoms. The van der Waals surface area contributed by atoms with Crippen molar-refractivity contribution in [2.75, 3.05) is 25.0 Å². The van der Waals surface area contributed by atoms with Crippen LogP contribution < -0.4 is 15.4 Å². The van der Waals surface area contributed by atoms with Crippen LogP contribution in [-0.4, -0.2) is 57.7 Å². The smallest absolute Gasteiger partial charge is 0.251 e. The molecule has 3 aromatic rings. The number of carbonyl (C=O) groups is 1. The van der Waals surface area contributed by atoms with Crippen molar-refractivity contribution >= 4 is 36.8 Å². The predicted octanol–water partition coefficient (Wildman–Crippen LogP) is 3.92. The molecule has 1 aliphatic heterocycles. The third kappa shape index (κ3) is 7.19. The molecule has 5 rings (SSSR count). The molecule has 1 fully saturated rings. The average Bonchev–Trinajstić information content (AvgIpc) is 3.62. The highest BCUT2D eigenvalue weighted by Gasteiger charge is 2.23. The second-order valence-corrected chi connectivity index (χ2v) is 10.1. The van der Waals surface area contributed by atoms with Gasteiger partial charge in [-0.3, -0.25) is 9.69 Å². The predicted molar refractivity (Wildman–Crippen MR) is 150 cm³/mol. The molecular formula is C27H34ClN5O4S. The Hall–Kier alpha value is -2.79. The number of benzene rings is 1. The molecule has 1 aliphatic carbocycles. The van der Waals surface area contributed by atoms with Crippen LogP contribution in [0.25, 0.3) is 0 Å². The Morgan fingerprint density at radius 1 is 1.29 bits per heavy atom. The Labute approximate surface area is 234 Å². The van der Waals surface area contributed by atoms with Crippen LogP contribution in [0.3, 0.4) is 0 Å². The highest BCUT2D eigenvalue weighted by Crippen LogP contribution is 2.34. The lowest BCUT2D eigenvalue weighted by molar-refractivity contribution is 0.0841. The van der Waals surface area contributed by atoms with E-state index in [1.54, 1.807) is 24.5 Å². The standard InChI is InChI=1S/C27H32ClN5O4.H2S/c28-26-23-8-10-33(14-19(23)5-6-24(26)36-16-22-13-29-17-37-22)15-21(34)12-31-27(35)18-7-9-30-25(11-18)32-20-3-1-2-4-20;/h5-7,9,11,13,17,20-21,34H,1-4,8,10,12,14-16H2,(H,30,32)(H,31,35);1H2/t21-;/m0./s1. The average molecular weight is 560 g/mol. The molecule has 1 aromatic carbocycles. The summed E-state index contributed by atoms with van der Waals surface area (Å²) < 4.78 is 11.0. The zero-order valence-corrected chi connectivity index (χ0v) is 22.9. The van der Waals surface area contributed by atoms with E-state index in [0.29, 0.717) is 41.2 Å². The number of aliphatic hydroxyl groups excluding tert-OH is 1. The number of halogens is 1. The number of fused-ring (bicyclic) bond motifs is 1. The molecule has 0 radical (unpaired) electrons. The molecule has 204 valence electrons. The zero-order chi connectivity index (χ0) is 25.6. The molecular weight excluding hydrogens is 526 g/mol. The Morgan fingerprint density at radius 2 is 2.13 bits per heavy atom. The van der Waals surface area contributed by atoms with Gasteiger partial charge in [0.15, 0.2) is 12.2 Å². The van der Waals surface area contributed by atoms with E-state index in [2.05, 4.69) is 25.5 Å². The summed E-state index contributed by atoms with van der Waals surface area (Å²) >= 11 is 6.63. The van der Waals surface area contributed by atoms with Crippen LogP contribution in [0.4, 0.5) is 5.82 Å². The van der Waals surface area contributed by atoms with Crippen LogP contribution in [0, 0.1) is 0 Å². The largest absolute Gasteiger partial charge is 0.484 e. The maximum absolute atomic E-state index is 12.7. The monoisotopic (exact) mass is 559 g/mol. The number of hydrogen-bond acceptors (Lipinski definition) is 8. The number of nitrogens with zero attached hydrogens (tertiary/aromatic N) is 3. The second-order valence-electron chi connectivity index (χ2n) is 9.68. The summed E-state index contributed by atoms with van der Waals surface area (Å²) in [6.45, 7) is 2.31. The van der Waals surface area contributed by atoms with Gasteiger partial charge in [-0.05, 0) is 48.6 Å². The van der Waals surface area contributed by atoms with E-state index < -0.39 is 6.10 Å². The Morgan fingerprint density at radius 3 is 2.92 bits per heavy atom. The topological polar surface area (TPSA) is 113 Å². The highest BCUT2D eigenvalue weighted by atomic mass is 35.5. The summed E-state index contributed by atoms with van der Waals surface area (Å²) in [4.78, 5) is 23.1. The van der Waals surface area contributed by atoms with Crippen molar-refractivity contribution in [3.8, 4) is 5.75 Å². The van der Waals surface area contributed by atoms with Gasteiger partial charge in [0.25, 0.3) is 5.91 Å². The molecule has 3 N–H and O–H groups in total. The number of β-amino-alcohol motifs (C(OH)–C–C–N with tert-alkyl or cyclic N) is 1. The van der Waals surface area contributed by atoms with E-state index in [9.17, 15) is 9.90 Å². The molecule has 9 nitrogen and oxygen atoms in total. The second kappa shape index (κ2) is 13.3. The summed E-state index contributed by atoms with van der Waals surface area (Å²) in [5.74, 6) is 1.75. The maximum atomic E-state index is 12.7. The van der Waals surface area contributed by atoms with Crippen molar-refractivity contribution in [3.63, 3.8) is 0 Å². The van der Waals surface area contributed by atoms with Gasteiger partial charge in [0.2, 0.25) is 0 Å². The molecule has 1 amide bonds. The van der Waals surface area contributed by atoms with Crippen LogP contribution in [0.5, 0.6) is 5.75 Å². The van der Waals surface area contributed by atoms with Crippen LogP contribution in [0.15, 0.2) is 47.5 Å². The first kappa shape index (κ1) is 28.2. The van der Waals surface area contributed by atoms with Crippen molar-refractivity contribution in [2.45, 2.75) is 57.4 Å². The van der Waals surface area contributed by atoms with Gasteiger partial charge < -0.3 is 24.9 Å². The van der Waals surface area contributed by atoms with Gasteiger partial charge >= 0.3 is 0 Å². The number of aliphatic hydroxyl groups is 1. The minimum atomic E-state index is -0.691. The van der Waals surface area contributed by atoms with Crippen molar-refractivity contribution in [1.29, 1.82) is 0 Å². The van der Waals surface area contributed by atoms with E-state index in [1.165, 1.54) is 19.2 Å². The molecule has 11 heteroatoms. The SMILES string of the molecule is O=C(NC[C@H](O)CN1CCc2c(ccc(OCc3cnco3)c2Cl)C1)c1ccnc(NC2CCCC2)c1.S. The first-order valence-corrected chi connectivity index (χ1v) is 13.1. The van der Waals surface area contributed by atoms with Crippen molar-refractivity contribution < 1.29 is 19.1 Å². The van der Waals surface area contributed by atoms with Crippen molar-refractivity contribution in [2.24, 2.45) is 0 Å². The highest BCUT2D eigenvalue weighted by molar-refractivity contribution is 7.59. The third-order valence-corrected chi connectivity index (χ3v) is 7.34. The molecule has 2 aromatic heterocycles. The van der Waals surface area contributed by atoms with Gasteiger partial charge in [-0.15, -0.1) is 0 Å². The number of anilines is 1. The number of carbonyl (C=O) groups excluding carboxylic acids is 1. The number of aromatic nitrogens is 2. The summed E-state index contributed by atoms with van der Waals surface area (Å²) in [6.07, 6.45) is 9.41. The number of nitrogens with one attached hydrogen (secondary N) is 2. The molecule has 3 heterocycles. The van der Waals surface area contributed by atoms with Gasteiger partial charge in [-0.1, -0.05) is 30.5 Å². The van der Waals surface area contributed by atoms with Gasteiger partial charge in [-0.2, -0.15) is 13.5 Å². The maximum Gasteiger partial charge on any atom is 0.251 e. The van der Waals surface area contributed by atoms with E-state index in [4.69, 9.17) is 20.8 Å². The number of pyridine rings is 1. The number of ether oxygens (including phenoxy) is 1. The van der Waals surface area contributed by atoms with Crippen molar-refractivity contribution in [3.05, 3.63) is 70.5 Å². The van der Waals surface area contributed by atoms with E-state index in [-0.39, 0.29) is 32.6 Å². The minimum absolute atomic E-state index is 0. The quantitative estimate of drug-likeness (QED) is 0.343. The van der Waals surface area contributed by atoms with Gasteiger partial charge in [-0.25, -0.2) is 9.97 Å². The zero-order valence-electron chi connectivity index (χ0n) is 21.2. The Bertz CT molecular complexity index is 1210. The molecule has 0 saturated heterocycles. The van der Waals surface area contributed by atoms with Crippen LogP contribution in [0.2, 0.25) is 5.02 Å². The van der Waals surface area contributed by atoms with E-state index in [1.807, 2.05) is 12.1 Å². The molecule has 1 saturated carbocycles. The number of amides is 1. The van der Waals surface area contributed by atoms with Crippen LogP contribution >= 0.6 is 25.1 Å². The molecule has 2 aliphatic rings. The van der Waals surface area contributed by atoms with Crippen LogP contribution in [-0.2, 0) is 19.6 Å². The lowest BCUT2D eigenvalue weighted by Crippen LogP contribution is -2.42. The van der Waals surface area contributed by atoms with Gasteiger partial charge in [0.05, 0.1) is 17.3 Å². The molecule has 0 bridgehead atoms. The fourth-order valence-corrected chi connectivity index (χ4v) is 5.32. The van der Waals surface area contributed by atoms with Gasteiger partial charge in [0, 0.05) is 44.0 Å². The first-order valence-electron chi connectivity index (χ1n) is 12.8. The van der Waals surface area contributed by atoms with E-state index in [0.717, 1.165) is 42.8 Å². The van der Waals surface area contributed by atoms with Crippen molar-refractivity contribution in [1.82, 2.24) is 20.2 Å². The van der Waals surface area contributed by atoms with Crippen LogP contribution in [0.1, 0.15) is 52.9 Å². The number of oxazole rings is 1. The normalized spacial score (nSPS) is 16.4. The fourth-order valence-electron chi connectivity index (χ4n) is 4.98. The third-order valence-electron chi connectivity index (χ3n) is 6.93. The summed E-state index contributed by atoms with van der Waals surface area (Å²) in [5.41, 5.74) is 2.71. The lowest BCUT2D eigenvalue weighted by Gasteiger charge is -2.31. The Balaban J connectivity index is 0.00000336. The number of rotatable bonds is 10. The summed E-state index contributed by atoms with van der Waals surface area (Å²) in [6, 6.07) is 7.77. The molecule has 0 spiro atoms. The summed E-state index contributed by atoms with van der Waals surface area (Å²) in [7, 11) is 0. The first-order chi connectivity index (χ1) is 18.0. The molecule has 0 unspecified atom stereocenters. The number of hydrogen-bond donors (Lipinski definition) is 3. The van der Waals surface area contributed by atoms with E-state index >= 15 is 0 Å². The molecule has 1 atom stereocenters. The lowest BCUT2D eigenvalue weighted by atomic mass is 9.99.